The number of thioether (sulfide) groups is 1. The molecule has 1 amide bonds. The van der Waals surface area contributed by atoms with Crippen LogP contribution in [0, 0.1) is 6.92 Å². The second-order valence-electron chi connectivity index (χ2n) is 5.88. The van der Waals surface area contributed by atoms with E-state index in [1.807, 2.05) is 18.7 Å². The van der Waals surface area contributed by atoms with Crippen molar-refractivity contribution in [2.24, 2.45) is 5.73 Å². The van der Waals surface area contributed by atoms with Gasteiger partial charge in [-0.2, -0.15) is 0 Å². The molecule has 1 aliphatic rings. The van der Waals surface area contributed by atoms with E-state index in [1.54, 1.807) is 0 Å². The molecular formula is C16H24N2OS. The molecule has 1 aromatic carbocycles. The minimum Gasteiger partial charge on any atom is -0.368 e. The summed E-state index contributed by atoms with van der Waals surface area (Å²) in [7, 11) is 0. The Bertz CT molecular complexity index is 456. The highest BCUT2D eigenvalue weighted by Gasteiger charge is 2.36. The molecule has 20 heavy (non-hydrogen) atoms. The molecule has 0 radical (unpaired) electrons. The third kappa shape index (κ3) is 4.53. The van der Waals surface area contributed by atoms with Gasteiger partial charge in [0.1, 0.15) is 0 Å². The quantitative estimate of drug-likeness (QED) is 0.572. The van der Waals surface area contributed by atoms with Crippen LogP contribution in [0.3, 0.4) is 0 Å². The first kappa shape index (κ1) is 15.4. The summed E-state index contributed by atoms with van der Waals surface area (Å²) >= 11 is 1.84. The number of primary amides is 1. The third-order valence-electron chi connectivity index (χ3n) is 3.75. The minimum absolute atomic E-state index is 0.232. The Morgan fingerprint density at radius 2 is 2.05 bits per heavy atom. The molecule has 0 bridgehead atoms. The number of aryl methyl sites for hydroxylation is 1. The number of nitrogens with two attached hydrogens (primary N) is 1. The van der Waals surface area contributed by atoms with E-state index in [0.29, 0.717) is 6.04 Å². The van der Waals surface area contributed by atoms with Crippen LogP contribution in [-0.2, 0) is 4.79 Å². The molecule has 1 aromatic rings. The van der Waals surface area contributed by atoms with Gasteiger partial charge in [0.05, 0.1) is 5.54 Å². The number of rotatable bonds is 8. The van der Waals surface area contributed by atoms with Crippen LogP contribution >= 0.6 is 11.8 Å². The molecule has 1 atom stereocenters. The van der Waals surface area contributed by atoms with Crippen molar-refractivity contribution < 1.29 is 4.79 Å². The van der Waals surface area contributed by atoms with E-state index in [2.05, 4.69) is 36.5 Å². The lowest BCUT2D eigenvalue weighted by molar-refractivity contribution is -0.124. The Hall–Kier alpha value is -1.00. The first-order valence-corrected chi connectivity index (χ1v) is 8.25. The van der Waals surface area contributed by atoms with Gasteiger partial charge >= 0.3 is 0 Å². The van der Waals surface area contributed by atoms with Gasteiger partial charge in [-0.25, -0.2) is 0 Å². The maximum Gasteiger partial charge on any atom is 0.237 e. The predicted octanol–water partition coefficient (Wildman–Crippen LogP) is 2.86. The smallest absolute Gasteiger partial charge is 0.237 e. The van der Waals surface area contributed by atoms with Crippen molar-refractivity contribution in [3.8, 4) is 0 Å². The number of carbonyl (C=O) groups excluding carboxylic acids is 1. The van der Waals surface area contributed by atoms with Gasteiger partial charge in [-0.15, -0.1) is 11.8 Å². The van der Waals surface area contributed by atoms with E-state index >= 15 is 0 Å². The van der Waals surface area contributed by atoms with Crippen LogP contribution in [-0.4, -0.2) is 23.2 Å². The lowest BCUT2D eigenvalue weighted by atomic mass is 9.95. The van der Waals surface area contributed by atoms with Gasteiger partial charge < -0.3 is 11.1 Å². The molecule has 4 heteroatoms. The number of amides is 1. The predicted molar refractivity (Wildman–Crippen MR) is 84.9 cm³/mol. The maximum absolute atomic E-state index is 11.6. The second-order valence-corrected chi connectivity index (χ2v) is 7.05. The van der Waals surface area contributed by atoms with Gasteiger partial charge in [0, 0.05) is 10.9 Å². The summed E-state index contributed by atoms with van der Waals surface area (Å²) in [6.45, 7) is 4.03. The molecule has 0 aliphatic heterocycles. The normalized spacial score (nSPS) is 17.7. The van der Waals surface area contributed by atoms with Crippen molar-refractivity contribution >= 4 is 17.7 Å². The Balaban J connectivity index is 1.75. The highest BCUT2D eigenvalue weighted by atomic mass is 32.2. The first-order valence-electron chi connectivity index (χ1n) is 7.27. The number of hydrogen-bond acceptors (Lipinski definition) is 3. The third-order valence-corrected chi connectivity index (χ3v) is 4.85. The van der Waals surface area contributed by atoms with Gasteiger partial charge in [0.25, 0.3) is 0 Å². The molecule has 1 unspecified atom stereocenters. The molecule has 3 nitrogen and oxygen atoms in total. The average Bonchev–Trinajstić information content (AvgIpc) is 3.20. The summed E-state index contributed by atoms with van der Waals surface area (Å²) < 4.78 is 0. The molecule has 0 heterocycles. The molecule has 3 N–H and O–H groups in total. The molecule has 2 rings (SSSR count). The molecular weight excluding hydrogens is 268 g/mol. The molecule has 1 aliphatic carbocycles. The Morgan fingerprint density at radius 1 is 1.40 bits per heavy atom. The Kier molecular flexibility index (Phi) is 5.11. The maximum atomic E-state index is 11.6. The summed E-state index contributed by atoms with van der Waals surface area (Å²) in [6.07, 6.45) is 4.12. The average molecular weight is 292 g/mol. The van der Waals surface area contributed by atoms with E-state index in [-0.39, 0.29) is 5.91 Å². The lowest BCUT2D eigenvalue weighted by Crippen LogP contribution is -2.54. The zero-order chi connectivity index (χ0) is 14.6. The number of hydrogen-bond donors (Lipinski definition) is 2. The summed E-state index contributed by atoms with van der Waals surface area (Å²) in [5.41, 5.74) is 6.28. The van der Waals surface area contributed by atoms with E-state index in [0.717, 1.165) is 18.6 Å². The zero-order valence-corrected chi connectivity index (χ0v) is 13.1. The van der Waals surface area contributed by atoms with Crippen LogP contribution < -0.4 is 11.1 Å². The standard InChI is InChI=1S/C16H24N2OS/c1-12-4-8-14(9-5-12)20-11-3-10-16(2,15(17)19)18-13-6-7-13/h4-5,8-9,13,18H,3,6-7,10-11H2,1-2H3,(H2,17,19). The fourth-order valence-electron chi connectivity index (χ4n) is 2.19. The SMILES string of the molecule is Cc1ccc(SCCCC(C)(NC2CC2)C(N)=O)cc1. The monoisotopic (exact) mass is 292 g/mol. The Labute approximate surface area is 125 Å². The van der Waals surface area contributed by atoms with Gasteiger partial charge in [-0.05, 0) is 57.4 Å². The molecule has 110 valence electrons. The van der Waals surface area contributed by atoms with E-state index < -0.39 is 5.54 Å². The first-order chi connectivity index (χ1) is 9.49. The number of benzene rings is 1. The highest BCUT2D eigenvalue weighted by Crippen LogP contribution is 2.26. The van der Waals surface area contributed by atoms with Gasteiger partial charge in [0.2, 0.25) is 5.91 Å². The van der Waals surface area contributed by atoms with Gasteiger partial charge in [-0.1, -0.05) is 17.7 Å². The van der Waals surface area contributed by atoms with Crippen LogP contribution in [0.2, 0.25) is 0 Å². The van der Waals surface area contributed by atoms with Crippen molar-refractivity contribution in [3.05, 3.63) is 29.8 Å². The molecule has 0 spiro atoms. The molecule has 1 saturated carbocycles. The topological polar surface area (TPSA) is 55.1 Å². The van der Waals surface area contributed by atoms with E-state index in [9.17, 15) is 4.79 Å². The molecule has 0 aromatic heterocycles. The van der Waals surface area contributed by atoms with Crippen molar-refractivity contribution in [2.45, 2.75) is 56.0 Å². The van der Waals surface area contributed by atoms with Crippen LogP contribution in [0.5, 0.6) is 0 Å². The fourth-order valence-corrected chi connectivity index (χ4v) is 3.05. The zero-order valence-electron chi connectivity index (χ0n) is 12.3. The second kappa shape index (κ2) is 6.64. The van der Waals surface area contributed by atoms with E-state index in [1.165, 1.54) is 23.3 Å². The van der Waals surface area contributed by atoms with Crippen LogP contribution in [0.25, 0.3) is 0 Å². The van der Waals surface area contributed by atoms with Crippen molar-refractivity contribution in [3.63, 3.8) is 0 Å². The molecule has 0 saturated heterocycles. The summed E-state index contributed by atoms with van der Waals surface area (Å²) in [4.78, 5) is 12.9. The Morgan fingerprint density at radius 3 is 2.60 bits per heavy atom. The van der Waals surface area contributed by atoms with Crippen LogP contribution in [0.1, 0.15) is 38.2 Å². The summed E-state index contributed by atoms with van der Waals surface area (Å²) in [5.74, 6) is 0.780. The summed E-state index contributed by atoms with van der Waals surface area (Å²) in [6, 6.07) is 9.05. The number of nitrogens with one attached hydrogen (secondary N) is 1. The van der Waals surface area contributed by atoms with Gasteiger partial charge in [-0.3, -0.25) is 4.79 Å². The minimum atomic E-state index is -0.547. The largest absolute Gasteiger partial charge is 0.368 e. The number of carbonyl (C=O) groups is 1. The lowest BCUT2D eigenvalue weighted by Gasteiger charge is -2.27. The fraction of sp³-hybridized carbons (Fsp3) is 0.562. The van der Waals surface area contributed by atoms with Crippen molar-refractivity contribution in [1.82, 2.24) is 5.32 Å². The van der Waals surface area contributed by atoms with E-state index in [4.69, 9.17) is 5.73 Å². The highest BCUT2D eigenvalue weighted by molar-refractivity contribution is 7.99. The molecule has 1 fully saturated rings. The van der Waals surface area contributed by atoms with Crippen molar-refractivity contribution in [1.29, 1.82) is 0 Å². The van der Waals surface area contributed by atoms with Crippen molar-refractivity contribution in [2.75, 3.05) is 5.75 Å². The summed E-state index contributed by atoms with van der Waals surface area (Å²) in [5, 5.41) is 3.39. The van der Waals surface area contributed by atoms with Gasteiger partial charge in [0.15, 0.2) is 0 Å². The van der Waals surface area contributed by atoms with Crippen LogP contribution in [0.4, 0.5) is 0 Å². The van der Waals surface area contributed by atoms with Crippen LogP contribution in [0.15, 0.2) is 29.2 Å².